The molecule has 2 N–H and O–H groups in total. The molecule has 2 heterocycles. The lowest BCUT2D eigenvalue weighted by atomic mass is 10.1. The van der Waals surface area contributed by atoms with E-state index in [4.69, 9.17) is 5.73 Å². The molecule has 7 heteroatoms. The number of likely N-dealkylation sites (tertiary alicyclic amines) is 2. The van der Waals surface area contributed by atoms with Crippen molar-refractivity contribution in [1.29, 1.82) is 0 Å². The minimum atomic E-state index is -0.127. The van der Waals surface area contributed by atoms with Gasteiger partial charge in [-0.2, -0.15) is 0 Å². The Bertz CT molecular complexity index is 616. The van der Waals surface area contributed by atoms with Gasteiger partial charge in [-0.25, -0.2) is 0 Å². The number of hydrogen-bond acceptors (Lipinski definition) is 4. The van der Waals surface area contributed by atoms with Gasteiger partial charge in [0, 0.05) is 37.5 Å². The normalized spacial score (nSPS) is 20.5. The molecule has 3 amide bonds. The number of nitrogens with zero attached hydrogens (tertiary/aromatic N) is 2. The standard InChI is InChI=1S/C17H21N3O3.ClH/c18-10-14-2-1-9-19(14)17(23)13-5-3-12(4-6-13)11-20-15(21)7-8-16(20)22;/h3-6,14H,1-2,7-11,18H2;1H. The van der Waals surface area contributed by atoms with Gasteiger partial charge in [-0.05, 0) is 30.5 Å². The fourth-order valence-electron chi connectivity index (χ4n) is 3.25. The number of carbonyl (C=O) groups excluding carboxylic acids is 3. The summed E-state index contributed by atoms with van der Waals surface area (Å²) in [7, 11) is 0. The highest BCUT2D eigenvalue weighted by atomic mass is 35.5. The van der Waals surface area contributed by atoms with Gasteiger partial charge in [0.2, 0.25) is 11.8 Å². The maximum absolute atomic E-state index is 12.5. The molecule has 2 saturated heterocycles. The van der Waals surface area contributed by atoms with Gasteiger partial charge in [-0.1, -0.05) is 12.1 Å². The van der Waals surface area contributed by atoms with Crippen LogP contribution in [0.25, 0.3) is 0 Å². The molecule has 2 aliphatic rings. The minimum absolute atomic E-state index is 0. The van der Waals surface area contributed by atoms with Crippen molar-refractivity contribution in [2.24, 2.45) is 5.73 Å². The van der Waals surface area contributed by atoms with Crippen LogP contribution in [0.3, 0.4) is 0 Å². The molecule has 1 aromatic rings. The van der Waals surface area contributed by atoms with Crippen molar-refractivity contribution in [2.75, 3.05) is 13.1 Å². The van der Waals surface area contributed by atoms with Crippen LogP contribution in [0.15, 0.2) is 24.3 Å². The quantitative estimate of drug-likeness (QED) is 0.829. The van der Waals surface area contributed by atoms with Gasteiger partial charge < -0.3 is 10.6 Å². The van der Waals surface area contributed by atoms with Crippen LogP contribution in [0.4, 0.5) is 0 Å². The van der Waals surface area contributed by atoms with E-state index in [0.717, 1.165) is 24.9 Å². The first-order valence-corrected chi connectivity index (χ1v) is 8.03. The molecular formula is C17H22ClN3O3. The van der Waals surface area contributed by atoms with Gasteiger partial charge in [0.05, 0.1) is 6.54 Å². The van der Waals surface area contributed by atoms with Gasteiger partial charge in [-0.3, -0.25) is 19.3 Å². The summed E-state index contributed by atoms with van der Waals surface area (Å²) in [5.41, 5.74) is 7.19. The predicted octanol–water partition coefficient (Wildman–Crippen LogP) is 1.32. The fourth-order valence-corrected chi connectivity index (χ4v) is 3.25. The van der Waals surface area contributed by atoms with Crippen LogP contribution in [-0.4, -0.2) is 46.7 Å². The zero-order valence-corrected chi connectivity index (χ0v) is 14.3. The maximum atomic E-state index is 12.5. The highest BCUT2D eigenvalue weighted by Crippen LogP contribution is 2.20. The van der Waals surface area contributed by atoms with E-state index in [0.29, 0.717) is 24.9 Å². The second-order valence-electron chi connectivity index (χ2n) is 6.10. The Morgan fingerprint density at radius 1 is 1.12 bits per heavy atom. The van der Waals surface area contributed by atoms with Gasteiger partial charge in [-0.15, -0.1) is 12.4 Å². The maximum Gasteiger partial charge on any atom is 0.254 e. The van der Waals surface area contributed by atoms with Crippen LogP contribution in [0.2, 0.25) is 0 Å². The van der Waals surface area contributed by atoms with E-state index in [-0.39, 0.29) is 42.7 Å². The molecule has 1 atom stereocenters. The van der Waals surface area contributed by atoms with Crippen LogP contribution >= 0.6 is 12.4 Å². The van der Waals surface area contributed by atoms with Crippen LogP contribution in [0.1, 0.15) is 41.6 Å². The number of rotatable bonds is 4. The van der Waals surface area contributed by atoms with Crippen LogP contribution < -0.4 is 5.73 Å². The summed E-state index contributed by atoms with van der Waals surface area (Å²) in [6, 6.07) is 7.25. The molecule has 0 aromatic heterocycles. The smallest absolute Gasteiger partial charge is 0.254 e. The molecule has 3 rings (SSSR count). The first-order valence-electron chi connectivity index (χ1n) is 8.03. The van der Waals surface area contributed by atoms with Crippen molar-refractivity contribution in [1.82, 2.24) is 9.80 Å². The van der Waals surface area contributed by atoms with E-state index in [1.54, 1.807) is 24.3 Å². The molecular weight excluding hydrogens is 330 g/mol. The Morgan fingerprint density at radius 2 is 1.75 bits per heavy atom. The summed E-state index contributed by atoms with van der Waals surface area (Å²) in [5.74, 6) is -0.256. The van der Waals surface area contributed by atoms with E-state index >= 15 is 0 Å². The third-order valence-electron chi connectivity index (χ3n) is 4.61. The molecule has 1 aromatic carbocycles. The SMILES string of the molecule is Cl.NCC1CCCN1C(=O)c1ccc(CN2C(=O)CCC2=O)cc1. The summed E-state index contributed by atoms with van der Waals surface area (Å²) in [4.78, 5) is 38.9. The number of hydrogen-bond donors (Lipinski definition) is 1. The second kappa shape index (κ2) is 7.77. The van der Waals surface area contributed by atoms with Gasteiger partial charge in [0.1, 0.15) is 0 Å². The van der Waals surface area contributed by atoms with Gasteiger partial charge in [0.15, 0.2) is 0 Å². The highest BCUT2D eigenvalue weighted by Gasteiger charge is 2.30. The van der Waals surface area contributed by atoms with Crippen LogP contribution in [-0.2, 0) is 16.1 Å². The molecule has 24 heavy (non-hydrogen) atoms. The average molecular weight is 352 g/mol. The number of nitrogens with two attached hydrogens (primary N) is 1. The molecule has 6 nitrogen and oxygen atoms in total. The Labute approximate surface area is 147 Å². The van der Waals surface area contributed by atoms with Gasteiger partial charge in [0.25, 0.3) is 5.91 Å². The van der Waals surface area contributed by atoms with Crippen molar-refractivity contribution < 1.29 is 14.4 Å². The van der Waals surface area contributed by atoms with Crippen LogP contribution in [0.5, 0.6) is 0 Å². The Kier molecular flexibility index (Phi) is 5.96. The molecule has 0 bridgehead atoms. The predicted molar refractivity (Wildman–Crippen MR) is 91.6 cm³/mol. The lowest BCUT2D eigenvalue weighted by Gasteiger charge is -2.23. The fraction of sp³-hybridized carbons (Fsp3) is 0.471. The largest absolute Gasteiger partial charge is 0.334 e. The summed E-state index contributed by atoms with van der Waals surface area (Å²) in [6.45, 7) is 1.52. The molecule has 0 saturated carbocycles. The van der Waals surface area contributed by atoms with E-state index in [1.807, 2.05) is 4.90 Å². The Balaban J connectivity index is 0.00000208. The summed E-state index contributed by atoms with van der Waals surface area (Å²) < 4.78 is 0. The summed E-state index contributed by atoms with van der Waals surface area (Å²) in [5, 5.41) is 0. The highest BCUT2D eigenvalue weighted by molar-refractivity contribution is 6.01. The number of benzene rings is 1. The van der Waals surface area contributed by atoms with Gasteiger partial charge >= 0.3 is 0 Å². The van der Waals surface area contributed by atoms with E-state index in [9.17, 15) is 14.4 Å². The van der Waals surface area contributed by atoms with Crippen molar-refractivity contribution in [3.05, 3.63) is 35.4 Å². The third-order valence-corrected chi connectivity index (χ3v) is 4.61. The number of imide groups is 1. The molecule has 0 spiro atoms. The zero-order chi connectivity index (χ0) is 16.4. The molecule has 2 aliphatic heterocycles. The lowest BCUT2D eigenvalue weighted by molar-refractivity contribution is -0.139. The molecule has 1 unspecified atom stereocenters. The van der Waals surface area contributed by atoms with E-state index in [2.05, 4.69) is 0 Å². The monoisotopic (exact) mass is 351 g/mol. The Morgan fingerprint density at radius 3 is 2.33 bits per heavy atom. The molecule has 0 aliphatic carbocycles. The van der Waals surface area contributed by atoms with E-state index < -0.39 is 0 Å². The first-order chi connectivity index (χ1) is 11.1. The number of carbonyl (C=O) groups is 3. The number of amides is 3. The Hall–Kier alpha value is -1.92. The summed E-state index contributed by atoms with van der Waals surface area (Å²) in [6.07, 6.45) is 2.54. The molecule has 130 valence electrons. The lowest BCUT2D eigenvalue weighted by Crippen LogP contribution is -2.39. The summed E-state index contributed by atoms with van der Waals surface area (Å²) >= 11 is 0. The third kappa shape index (κ3) is 3.60. The van der Waals surface area contributed by atoms with Crippen molar-refractivity contribution in [3.63, 3.8) is 0 Å². The topological polar surface area (TPSA) is 83.7 Å². The van der Waals surface area contributed by atoms with E-state index in [1.165, 1.54) is 4.90 Å². The van der Waals surface area contributed by atoms with Crippen LogP contribution in [0, 0.1) is 0 Å². The second-order valence-corrected chi connectivity index (χ2v) is 6.10. The number of halogens is 1. The van der Waals surface area contributed by atoms with Crippen molar-refractivity contribution >= 4 is 30.1 Å². The van der Waals surface area contributed by atoms with Crippen molar-refractivity contribution in [2.45, 2.75) is 38.3 Å². The molecule has 0 radical (unpaired) electrons. The first kappa shape index (κ1) is 18.4. The minimum Gasteiger partial charge on any atom is -0.334 e. The average Bonchev–Trinajstić information content (AvgIpc) is 3.16. The zero-order valence-electron chi connectivity index (χ0n) is 13.4. The molecule has 2 fully saturated rings. The van der Waals surface area contributed by atoms with Crippen molar-refractivity contribution in [3.8, 4) is 0 Å².